The van der Waals surface area contributed by atoms with E-state index in [1.807, 2.05) is 13.0 Å². The van der Waals surface area contributed by atoms with Crippen LogP contribution in [0.1, 0.15) is 18.1 Å². The number of aryl methyl sites for hydroxylation is 1. The highest BCUT2D eigenvalue weighted by Gasteiger charge is 2.34. The summed E-state index contributed by atoms with van der Waals surface area (Å²) >= 11 is 0. The van der Waals surface area contributed by atoms with Crippen LogP contribution in [0.25, 0.3) is 21.9 Å². The zero-order chi connectivity index (χ0) is 17.5. The van der Waals surface area contributed by atoms with Gasteiger partial charge in [0.1, 0.15) is 11.6 Å². The third kappa shape index (κ3) is 2.86. The molecule has 0 saturated heterocycles. The fraction of sp³-hybridized carbons (Fsp3) is 0.158. The highest BCUT2D eigenvalue weighted by atomic mass is 19.4. The molecule has 0 bridgehead atoms. The number of halogens is 5. The van der Waals surface area contributed by atoms with Crippen molar-refractivity contribution in [3.8, 4) is 11.1 Å². The van der Waals surface area contributed by atoms with Crippen LogP contribution in [0.2, 0.25) is 0 Å². The highest BCUT2D eigenvalue weighted by Crippen LogP contribution is 2.35. The summed E-state index contributed by atoms with van der Waals surface area (Å²) < 4.78 is 66.3. The van der Waals surface area contributed by atoms with Gasteiger partial charge in [0, 0.05) is 10.9 Å². The number of fused-ring (bicyclic) bond motifs is 1. The summed E-state index contributed by atoms with van der Waals surface area (Å²) in [6.45, 7) is 1.98. The lowest BCUT2D eigenvalue weighted by Crippen LogP contribution is -2.07. The smallest absolute Gasteiger partial charge is 0.206 e. The second-order valence-electron chi connectivity index (χ2n) is 5.53. The van der Waals surface area contributed by atoms with Crippen LogP contribution in [0.3, 0.4) is 0 Å². The lowest BCUT2D eigenvalue weighted by Gasteiger charge is -2.11. The Morgan fingerprint density at radius 3 is 2.25 bits per heavy atom. The average Bonchev–Trinajstić information content (AvgIpc) is 2.53. The van der Waals surface area contributed by atoms with E-state index in [0.717, 1.165) is 18.1 Å². The maximum absolute atomic E-state index is 14.7. The van der Waals surface area contributed by atoms with Crippen LogP contribution in [-0.2, 0) is 12.6 Å². The third-order valence-corrected chi connectivity index (χ3v) is 4.01. The summed E-state index contributed by atoms with van der Waals surface area (Å²) in [5.41, 5.74) is -0.172. The van der Waals surface area contributed by atoms with Gasteiger partial charge in [-0.05, 0) is 35.1 Å². The first-order valence-electron chi connectivity index (χ1n) is 7.39. The van der Waals surface area contributed by atoms with Gasteiger partial charge in [-0.25, -0.2) is 8.78 Å². The van der Waals surface area contributed by atoms with Crippen LogP contribution >= 0.6 is 0 Å². The molecule has 3 aromatic rings. The molecule has 0 aliphatic rings. The van der Waals surface area contributed by atoms with Gasteiger partial charge in [-0.15, -0.1) is 0 Å². The van der Waals surface area contributed by atoms with Crippen molar-refractivity contribution in [3.05, 3.63) is 71.3 Å². The Hall–Kier alpha value is -2.43. The van der Waals surface area contributed by atoms with Crippen LogP contribution in [0.4, 0.5) is 22.0 Å². The molecule has 0 heterocycles. The van der Waals surface area contributed by atoms with E-state index in [9.17, 15) is 22.0 Å². The number of hydrogen-bond acceptors (Lipinski definition) is 0. The molecule has 0 aromatic heterocycles. The monoisotopic (exact) mass is 336 g/mol. The Labute approximate surface area is 135 Å². The molecular formula is C19H13F5. The Kier molecular flexibility index (Phi) is 4.03. The molecule has 24 heavy (non-hydrogen) atoms. The minimum Gasteiger partial charge on any atom is -0.206 e. The SMILES string of the molecule is CCc1ccc2c(F)c(-c3ccc(C(F)(F)F)c(F)c3)ccc2c1. The van der Waals surface area contributed by atoms with Crippen molar-refractivity contribution in [1.29, 1.82) is 0 Å². The van der Waals surface area contributed by atoms with Crippen LogP contribution in [0.15, 0.2) is 48.5 Å². The van der Waals surface area contributed by atoms with Gasteiger partial charge in [0.2, 0.25) is 0 Å². The maximum Gasteiger partial charge on any atom is 0.419 e. The lowest BCUT2D eigenvalue weighted by molar-refractivity contribution is -0.139. The first-order chi connectivity index (χ1) is 11.3. The lowest BCUT2D eigenvalue weighted by atomic mass is 9.97. The van der Waals surface area contributed by atoms with Crippen molar-refractivity contribution in [2.45, 2.75) is 19.5 Å². The minimum atomic E-state index is -4.78. The molecule has 3 rings (SSSR count). The summed E-state index contributed by atoms with van der Waals surface area (Å²) in [6, 6.07) is 10.9. The van der Waals surface area contributed by atoms with Gasteiger partial charge in [0.25, 0.3) is 0 Å². The van der Waals surface area contributed by atoms with E-state index < -0.39 is 23.4 Å². The standard InChI is InChI=1S/C19H13F5/c1-2-11-3-6-14-12(9-11)4-7-15(18(14)21)13-5-8-16(17(20)10-13)19(22,23)24/h3-10H,2H2,1H3. The summed E-state index contributed by atoms with van der Waals surface area (Å²) in [5.74, 6) is -1.99. The first-order valence-corrected chi connectivity index (χ1v) is 7.39. The first kappa shape index (κ1) is 16.4. The van der Waals surface area contributed by atoms with E-state index in [4.69, 9.17) is 0 Å². The Morgan fingerprint density at radius 1 is 0.875 bits per heavy atom. The maximum atomic E-state index is 14.7. The zero-order valence-electron chi connectivity index (χ0n) is 12.7. The molecule has 0 radical (unpaired) electrons. The molecule has 0 aliphatic carbocycles. The Bertz CT molecular complexity index is 910. The van der Waals surface area contributed by atoms with Gasteiger partial charge in [0.05, 0.1) is 5.56 Å². The predicted octanol–water partition coefficient (Wildman–Crippen LogP) is 6.37. The Balaban J connectivity index is 2.13. The van der Waals surface area contributed by atoms with Gasteiger partial charge >= 0.3 is 6.18 Å². The summed E-state index contributed by atoms with van der Waals surface area (Å²) in [6.07, 6.45) is -3.97. The van der Waals surface area contributed by atoms with Crippen molar-refractivity contribution >= 4 is 10.8 Å². The molecule has 0 spiro atoms. The molecule has 0 unspecified atom stereocenters. The number of benzene rings is 3. The second kappa shape index (κ2) is 5.89. The molecule has 0 atom stereocenters. The van der Waals surface area contributed by atoms with E-state index in [1.165, 1.54) is 6.07 Å². The van der Waals surface area contributed by atoms with E-state index in [-0.39, 0.29) is 11.1 Å². The van der Waals surface area contributed by atoms with E-state index in [0.29, 0.717) is 22.9 Å². The quantitative estimate of drug-likeness (QED) is 0.477. The van der Waals surface area contributed by atoms with E-state index >= 15 is 0 Å². The number of rotatable bonds is 2. The largest absolute Gasteiger partial charge is 0.419 e. The fourth-order valence-electron chi connectivity index (χ4n) is 2.70. The molecule has 0 aliphatic heterocycles. The van der Waals surface area contributed by atoms with Gasteiger partial charge < -0.3 is 0 Å². The van der Waals surface area contributed by atoms with Crippen LogP contribution in [0.5, 0.6) is 0 Å². The summed E-state index contributed by atoms with van der Waals surface area (Å²) in [4.78, 5) is 0. The van der Waals surface area contributed by atoms with E-state index in [2.05, 4.69) is 0 Å². The molecule has 5 heteroatoms. The van der Waals surface area contributed by atoms with Gasteiger partial charge in [-0.3, -0.25) is 0 Å². The van der Waals surface area contributed by atoms with Crippen LogP contribution in [-0.4, -0.2) is 0 Å². The normalized spacial score (nSPS) is 11.9. The molecule has 3 aromatic carbocycles. The minimum absolute atomic E-state index is 0.0689. The average molecular weight is 336 g/mol. The van der Waals surface area contributed by atoms with Crippen LogP contribution in [0, 0.1) is 11.6 Å². The third-order valence-electron chi connectivity index (χ3n) is 4.01. The molecule has 124 valence electrons. The fourth-order valence-corrected chi connectivity index (χ4v) is 2.70. The topological polar surface area (TPSA) is 0 Å². The second-order valence-corrected chi connectivity index (χ2v) is 5.53. The van der Waals surface area contributed by atoms with Gasteiger partial charge in [-0.2, -0.15) is 13.2 Å². The number of alkyl halides is 3. The summed E-state index contributed by atoms with van der Waals surface area (Å²) in [7, 11) is 0. The Morgan fingerprint density at radius 2 is 1.62 bits per heavy atom. The van der Waals surface area contributed by atoms with Gasteiger partial charge in [-0.1, -0.05) is 43.3 Å². The molecule has 0 amide bonds. The highest BCUT2D eigenvalue weighted by molar-refractivity contribution is 5.88. The van der Waals surface area contributed by atoms with Crippen LogP contribution < -0.4 is 0 Å². The predicted molar refractivity (Wildman–Crippen MR) is 83.7 cm³/mol. The van der Waals surface area contributed by atoms with Crippen molar-refractivity contribution in [1.82, 2.24) is 0 Å². The molecule has 0 saturated carbocycles. The number of hydrogen-bond donors (Lipinski definition) is 0. The molecule has 0 N–H and O–H groups in total. The van der Waals surface area contributed by atoms with Crippen molar-refractivity contribution in [3.63, 3.8) is 0 Å². The molecule has 0 nitrogen and oxygen atoms in total. The molecule has 0 fully saturated rings. The van der Waals surface area contributed by atoms with E-state index in [1.54, 1.807) is 18.2 Å². The van der Waals surface area contributed by atoms with Gasteiger partial charge in [0.15, 0.2) is 0 Å². The zero-order valence-corrected chi connectivity index (χ0v) is 12.7. The van der Waals surface area contributed by atoms with Crippen molar-refractivity contribution in [2.24, 2.45) is 0 Å². The van der Waals surface area contributed by atoms with Crippen molar-refractivity contribution in [2.75, 3.05) is 0 Å². The van der Waals surface area contributed by atoms with Crippen molar-refractivity contribution < 1.29 is 22.0 Å². The summed E-state index contributed by atoms with van der Waals surface area (Å²) in [5, 5.41) is 1.05. The molecular weight excluding hydrogens is 323 g/mol.